The van der Waals surface area contributed by atoms with Crippen LogP contribution >= 0.6 is 0 Å². The molecule has 10 heteroatoms. The fourth-order valence-corrected chi connectivity index (χ4v) is 2.56. The summed E-state index contributed by atoms with van der Waals surface area (Å²) < 4.78 is 32.6. The standard InChI is InChI=1S/C12H23N5O4S/c1-10-16-12(9-17(10)2)22(19,20)15-8-11(18)14-5-4-13-6-7-21-3/h9,13,15H,4-8H2,1-3H3,(H,14,18). The molecule has 0 radical (unpaired) electrons. The van der Waals surface area contributed by atoms with Crippen molar-refractivity contribution in [1.82, 2.24) is 24.9 Å². The number of sulfonamides is 1. The van der Waals surface area contributed by atoms with Gasteiger partial charge < -0.3 is 19.9 Å². The van der Waals surface area contributed by atoms with Gasteiger partial charge in [0.05, 0.1) is 13.2 Å². The molecule has 9 nitrogen and oxygen atoms in total. The summed E-state index contributed by atoms with van der Waals surface area (Å²) in [5.41, 5.74) is 0. The lowest BCUT2D eigenvalue weighted by Crippen LogP contribution is -2.40. The van der Waals surface area contributed by atoms with Crippen LogP contribution in [0.25, 0.3) is 0 Å². The third kappa shape index (κ3) is 6.10. The van der Waals surface area contributed by atoms with Crippen LogP contribution in [0.3, 0.4) is 0 Å². The van der Waals surface area contributed by atoms with E-state index in [4.69, 9.17) is 4.74 Å². The van der Waals surface area contributed by atoms with Gasteiger partial charge >= 0.3 is 0 Å². The van der Waals surface area contributed by atoms with E-state index in [1.807, 2.05) is 0 Å². The van der Waals surface area contributed by atoms with Gasteiger partial charge in [-0.15, -0.1) is 0 Å². The van der Waals surface area contributed by atoms with Gasteiger partial charge in [-0.1, -0.05) is 0 Å². The second kappa shape index (κ2) is 8.83. The average Bonchev–Trinajstić information content (AvgIpc) is 2.81. The molecular weight excluding hydrogens is 310 g/mol. The van der Waals surface area contributed by atoms with Gasteiger partial charge in [0.15, 0.2) is 5.03 Å². The van der Waals surface area contributed by atoms with Gasteiger partial charge in [-0.3, -0.25) is 4.79 Å². The van der Waals surface area contributed by atoms with Crippen LogP contribution in [0.4, 0.5) is 0 Å². The molecule has 0 aliphatic heterocycles. The number of hydrogen-bond donors (Lipinski definition) is 3. The van der Waals surface area contributed by atoms with Crippen LogP contribution in [0, 0.1) is 6.92 Å². The molecule has 0 atom stereocenters. The fraction of sp³-hybridized carbons (Fsp3) is 0.667. The molecule has 1 heterocycles. The minimum absolute atomic E-state index is 0.0958. The molecule has 0 aliphatic carbocycles. The maximum absolute atomic E-state index is 12.0. The molecule has 126 valence electrons. The van der Waals surface area contributed by atoms with Crippen LogP contribution in [0.1, 0.15) is 5.82 Å². The van der Waals surface area contributed by atoms with Crippen LogP contribution < -0.4 is 15.4 Å². The van der Waals surface area contributed by atoms with E-state index < -0.39 is 15.9 Å². The Bertz CT molecular complexity index is 565. The van der Waals surface area contributed by atoms with Crippen molar-refractivity contribution in [3.63, 3.8) is 0 Å². The Labute approximate surface area is 130 Å². The summed E-state index contributed by atoms with van der Waals surface area (Å²) in [6.07, 6.45) is 1.40. The van der Waals surface area contributed by atoms with Crippen molar-refractivity contribution in [1.29, 1.82) is 0 Å². The molecule has 1 aromatic rings. The smallest absolute Gasteiger partial charge is 0.260 e. The fourth-order valence-electron chi connectivity index (χ4n) is 1.54. The number of amides is 1. The number of carbonyl (C=O) groups excluding carboxylic acids is 1. The predicted octanol–water partition coefficient (Wildman–Crippen LogP) is -1.64. The minimum Gasteiger partial charge on any atom is -0.383 e. The number of carbonyl (C=O) groups is 1. The lowest BCUT2D eigenvalue weighted by Gasteiger charge is -2.07. The number of ether oxygens (including phenoxy) is 1. The van der Waals surface area contributed by atoms with Crippen molar-refractivity contribution in [2.75, 3.05) is 39.9 Å². The van der Waals surface area contributed by atoms with Gasteiger partial charge in [-0.2, -0.15) is 0 Å². The first-order chi connectivity index (χ1) is 10.4. The number of hydrogen-bond acceptors (Lipinski definition) is 6. The summed E-state index contributed by atoms with van der Waals surface area (Å²) in [6, 6.07) is 0. The number of nitrogens with zero attached hydrogens (tertiary/aromatic N) is 2. The Hall–Kier alpha value is -1.49. The highest BCUT2D eigenvalue weighted by Gasteiger charge is 2.19. The number of rotatable bonds is 10. The number of nitrogens with one attached hydrogen (secondary N) is 3. The molecule has 0 aromatic carbocycles. The van der Waals surface area contributed by atoms with Crippen molar-refractivity contribution in [2.24, 2.45) is 7.05 Å². The largest absolute Gasteiger partial charge is 0.383 e. The van der Waals surface area contributed by atoms with E-state index in [-0.39, 0.29) is 11.6 Å². The Morgan fingerprint density at radius 3 is 2.68 bits per heavy atom. The highest BCUT2D eigenvalue weighted by Crippen LogP contribution is 2.06. The minimum atomic E-state index is -3.77. The van der Waals surface area contributed by atoms with E-state index in [1.54, 1.807) is 25.6 Å². The lowest BCUT2D eigenvalue weighted by molar-refractivity contribution is -0.119. The van der Waals surface area contributed by atoms with Crippen LogP contribution in [-0.4, -0.2) is 63.8 Å². The van der Waals surface area contributed by atoms with Crippen LogP contribution in [0.2, 0.25) is 0 Å². The van der Waals surface area contributed by atoms with Gasteiger partial charge in [0.2, 0.25) is 5.91 Å². The van der Waals surface area contributed by atoms with Gasteiger partial charge in [-0.05, 0) is 6.92 Å². The van der Waals surface area contributed by atoms with Crippen molar-refractivity contribution >= 4 is 15.9 Å². The van der Waals surface area contributed by atoms with Gasteiger partial charge in [0.1, 0.15) is 5.82 Å². The number of imidazole rings is 1. The zero-order valence-electron chi connectivity index (χ0n) is 13.0. The van der Waals surface area contributed by atoms with Gasteiger partial charge in [-0.25, -0.2) is 18.1 Å². The van der Waals surface area contributed by atoms with Crippen molar-refractivity contribution in [2.45, 2.75) is 11.9 Å². The number of methoxy groups -OCH3 is 1. The molecule has 0 saturated heterocycles. The highest BCUT2D eigenvalue weighted by atomic mass is 32.2. The lowest BCUT2D eigenvalue weighted by atomic mass is 10.5. The highest BCUT2D eigenvalue weighted by molar-refractivity contribution is 7.89. The molecule has 0 saturated carbocycles. The zero-order chi connectivity index (χ0) is 16.6. The monoisotopic (exact) mass is 333 g/mol. The molecule has 0 bridgehead atoms. The van der Waals surface area contributed by atoms with E-state index in [0.29, 0.717) is 32.1 Å². The molecule has 0 spiro atoms. The Morgan fingerprint density at radius 2 is 2.09 bits per heavy atom. The first-order valence-electron chi connectivity index (χ1n) is 6.83. The maximum atomic E-state index is 12.0. The van der Waals surface area contributed by atoms with Crippen LogP contribution in [0.5, 0.6) is 0 Å². The third-order valence-corrected chi connectivity index (χ3v) is 4.16. The van der Waals surface area contributed by atoms with Crippen molar-refractivity contribution in [3.8, 4) is 0 Å². The third-order valence-electron chi connectivity index (χ3n) is 2.89. The summed E-state index contributed by atoms with van der Waals surface area (Å²) in [4.78, 5) is 15.5. The second-order valence-corrected chi connectivity index (χ2v) is 6.37. The molecule has 3 N–H and O–H groups in total. The average molecular weight is 333 g/mol. The zero-order valence-corrected chi connectivity index (χ0v) is 13.9. The SMILES string of the molecule is COCCNCCNC(=O)CNS(=O)(=O)c1cn(C)c(C)n1. The molecule has 22 heavy (non-hydrogen) atoms. The molecule has 1 rings (SSSR count). The molecule has 0 fully saturated rings. The first-order valence-corrected chi connectivity index (χ1v) is 8.31. The van der Waals surface area contributed by atoms with E-state index in [9.17, 15) is 13.2 Å². The van der Waals surface area contributed by atoms with Gasteiger partial charge in [0, 0.05) is 40.0 Å². The first kappa shape index (κ1) is 18.6. The molecule has 1 amide bonds. The summed E-state index contributed by atoms with van der Waals surface area (Å²) in [5, 5.41) is 5.57. The number of aromatic nitrogens is 2. The molecular formula is C12H23N5O4S. The number of aryl methyl sites for hydroxylation is 2. The van der Waals surface area contributed by atoms with Gasteiger partial charge in [0.25, 0.3) is 10.0 Å². The molecule has 1 aromatic heterocycles. The van der Waals surface area contributed by atoms with E-state index in [2.05, 4.69) is 20.3 Å². The summed E-state index contributed by atoms with van der Waals surface area (Å²) in [7, 11) is -0.466. The summed E-state index contributed by atoms with van der Waals surface area (Å²) in [6.45, 7) is 3.65. The van der Waals surface area contributed by atoms with E-state index in [0.717, 1.165) is 0 Å². The van der Waals surface area contributed by atoms with Crippen LogP contribution in [-0.2, 0) is 26.6 Å². The Kier molecular flexibility index (Phi) is 7.45. The van der Waals surface area contributed by atoms with E-state index in [1.165, 1.54) is 6.20 Å². The second-order valence-electron chi connectivity index (χ2n) is 4.65. The molecule has 0 unspecified atom stereocenters. The van der Waals surface area contributed by atoms with Crippen LogP contribution in [0.15, 0.2) is 11.2 Å². The summed E-state index contributed by atoms with van der Waals surface area (Å²) in [5.74, 6) is 0.178. The predicted molar refractivity (Wildman–Crippen MR) is 80.9 cm³/mol. The quantitative estimate of drug-likeness (QED) is 0.443. The molecule has 0 aliphatic rings. The summed E-state index contributed by atoms with van der Waals surface area (Å²) >= 11 is 0. The maximum Gasteiger partial charge on any atom is 0.260 e. The van der Waals surface area contributed by atoms with Crippen molar-refractivity contribution in [3.05, 3.63) is 12.0 Å². The Morgan fingerprint density at radius 1 is 1.36 bits per heavy atom. The Balaban J connectivity index is 2.31. The topological polar surface area (TPSA) is 114 Å². The van der Waals surface area contributed by atoms with Crippen molar-refractivity contribution < 1.29 is 17.9 Å². The van der Waals surface area contributed by atoms with E-state index >= 15 is 0 Å². The normalized spacial score (nSPS) is 11.6.